The van der Waals surface area contributed by atoms with Gasteiger partial charge >= 0.3 is 0 Å². The van der Waals surface area contributed by atoms with Gasteiger partial charge in [0.2, 0.25) is 11.8 Å². The lowest BCUT2D eigenvalue weighted by molar-refractivity contribution is -0.116. The number of nitrogens with zero attached hydrogens (tertiary/aromatic N) is 2. The van der Waals surface area contributed by atoms with Gasteiger partial charge in [-0.25, -0.2) is 9.37 Å². The van der Waals surface area contributed by atoms with Gasteiger partial charge in [-0.1, -0.05) is 29.8 Å². The number of hydrogen-bond acceptors (Lipinski definition) is 5. The van der Waals surface area contributed by atoms with Crippen molar-refractivity contribution in [2.24, 2.45) is 0 Å². The Bertz CT molecular complexity index is 1370. The molecule has 0 saturated carbocycles. The van der Waals surface area contributed by atoms with E-state index >= 15 is 0 Å². The average molecular weight is 488 g/mol. The van der Waals surface area contributed by atoms with Crippen molar-refractivity contribution in [2.75, 3.05) is 10.2 Å². The molecule has 6 nitrogen and oxygen atoms in total. The fourth-order valence-electron chi connectivity index (χ4n) is 3.19. The van der Waals surface area contributed by atoms with E-state index in [-0.39, 0.29) is 17.5 Å². The number of carbonyl (C=O) groups is 2. The molecule has 35 heavy (non-hydrogen) atoms. The Labute approximate surface area is 206 Å². The lowest BCUT2D eigenvalue weighted by Gasteiger charge is -2.18. The number of amides is 2. The molecule has 0 spiro atoms. The maximum atomic E-state index is 14.2. The van der Waals surface area contributed by atoms with Crippen molar-refractivity contribution in [1.29, 1.82) is 0 Å². The molecule has 3 aromatic carbocycles. The molecular formula is C27H22FN3O3S. The number of aryl methyl sites for hydroxylation is 1. The number of halogens is 1. The summed E-state index contributed by atoms with van der Waals surface area (Å²) in [4.78, 5) is 30.1. The van der Waals surface area contributed by atoms with Gasteiger partial charge in [0.1, 0.15) is 17.3 Å². The summed E-state index contributed by atoms with van der Waals surface area (Å²) in [6.45, 7) is 3.35. The van der Waals surface area contributed by atoms with Crippen molar-refractivity contribution >= 4 is 45.7 Å². The summed E-state index contributed by atoms with van der Waals surface area (Å²) in [5.41, 5.74) is 2.36. The van der Waals surface area contributed by atoms with Crippen molar-refractivity contribution in [2.45, 2.75) is 13.8 Å². The molecule has 1 heterocycles. The van der Waals surface area contributed by atoms with Crippen molar-refractivity contribution in [3.63, 3.8) is 0 Å². The molecule has 8 heteroatoms. The highest BCUT2D eigenvalue weighted by molar-refractivity contribution is 7.14. The number of para-hydroxylation sites is 1. The number of thiazole rings is 1. The van der Waals surface area contributed by atoms with Crippen molar-refractivity contribution in [3.05, 3.63) is 101 Å². The fourth-order valence-corrected chi connectivity index (χ4v) is 4.04. The Balaban J connectivity index is 1.38. The highest BCUT2D eigenvalue weighted by Crippen LogP contribution is 2.31. The molecule has 0 aliphatic heterocycles. The van der Waals surface area contributed by atoms with E-state index in [4.69, 9.17) is 4.74 Å². The fraction of sp³-hybridized carbons (Fsp3) is 0.0741. The first kappa shape index (κ1) is 23.8. The van der Waals surface area contributed by atoms with Gasteiger partial charge in [0.05, 0.1) is 11.4 Å². The Hall–Kier alpha value is -4.30. The summed E-state index contributed by atoms with van der Waals surface area (Å²) in [7, 11) is 0. The van der Waals surface area contributed by atoms with Gasteiger partial charge in [0.25, 0.3) is 0 Å². The van der Waals surface area contributed by atoms with Crippen LogP contribution in [0.2, 0.25) is 0 Å². The molecule has 0 fully saturated rings. The zero-order chi connectivity index (χ0) is 24.8. The molecule has 0 aliphatic carbocycles. The van der Waals surface area contributed by atoms with Crippen LogP contribution >= 0.6 is 11.3 Å². The zero-order valence-electron chi connectivity index (χ0n) is 19.1. The maximum Gasteiger partial charge on any atom is 0.248 e. The molecule has 0 radical (unpaired) electrons. The number of aromatic nitrogens is 1. The first-order chi connectivity index (χ1) is 16.9. The first-order valence-electron chi connectivity index (χ1n) is 10.7. The summed E-state index contributed by atoms with van der Waals surface area (Å²) in [6, 6.07) is 20.8. The van der Waals surface area contributed by atoms with E-state index in [1.54, 1.807) is 41.8 Å². The topological polar surface area (TPSA) is 71.5 Å². The third-order valence-corrected chi connectivity index (χ3v) is 5.74. The van der Waals surface area contributed by atoms with Crippen molar-refractivity contribution in [3.8, 4) is 11.5 Å². The van der Waals surface area contributed by atoms with Gasteiger partial charge in [-0.05, 0) is 61.5 Å². The van der Waals surface area contributed by atoms with E-state index < -0.39 is 5.82 Å². The van der Waals surface area contributed by atoms with E-state index in [1.807, 2.05) is 31.2 Å². The van der Waals surface area contributed by atoms with Crippen LogP contribution in [0, 0.1) is 12.7 Å². The van der Waals surface area contributed by atoms with Gasteiger partial charge in [-0.2, -0.15) is 0 Å². The molecule has 4 aromatic rings. The van der Waals surface area contributed by atoms with Crippen LogP contribution in [0.3, 0.4) is 0 Å². The second-order valence-corrected chi connectivity index (χ2v) is 8.46. The summed E-state index contributed by atoms with van der Waals surface area (Å²) in [5.74, 6) is 0.153. The Morgan fingerprint density at radius 1 is 1.00 bits per heavy atom. The summed E-state index contributed by atoms with van der Waals surface area (Å²) < 4.78 is 20.0. The highest BCUT2D eigenvalue weighted by Gasteiger charge is 2.20. The third kappa shape index (κ3) is 6.18. The zero-order valence-corrected chi connectivity index (χ0v) is 19.9. The quantitative estimate of drug-likeness (QED) is 0.294. The number of hydrogen-bond donors (Lipinski definition) is 1. The molecule has 0 bridgehead atoms. The van der Waals surface area contributed by atoms with Crippen molar-refractivity contribution in [1.82, 2.24) is 4.98 Å². The molecular weight excluding hydrogens is 465 g/mol. The minimum absolute atomic E-state index is 0.123. The summed E-state index contributed by atoms with van der Waals surface area (Å²) in [5, 5.41) is 4.77. The molecule has 1 N–H and O–H groups in total. The first-order valence-corrected chi connectivity index (χ1v) is 11.6. The second-order valence-electron chi connectivity index (χ2n) is 7.62. The molecule has 1 aromatic heterocycles. The van der Waals surface area contributed by atoms with Crippen LogP contribution in [0.5, 0.6) is 11.5 Å². The van der Waals surface area contributed by atoms with Gasteiger partial charge in [0, 0.05) is 24.1 Å². The molecule has 0 saturated heterocycles. The maximum absolute atomic E-state index is 14.2. The Morgan fingerprint density at radius 3 is 2.31 bits per heavy atom. The Morgan fingerprint density at radius 2 is 1.66 bits per heavy atom. The summed E-state index contributed by atoms with van der Waals surface area (Å²) in [6.07, 6.45) is 2.88. The molecule has 0 unspecified atom stereocenters. The van der Waals surface area contributed by atoms with Crippen LogP contribution in [-0.4, -0.2) is 16.8 Å². The number of carbonyl (C=O) groups excluding carboxylic acids is 2. The predicted octanol–water partition coefficient (Wildman–Crippen LogP) is 6.72. The second kappa shape index (κ2) is 10.8. The van der Waals surface area contributed by atoms with Crippen LogP contribution < -0.4 is 15.0 Å². The van der Waals surface area contributed by atoms with E-state index in [0.29, 0.717) is 22.3 Å². The number of nitrogens with one attached hydrogen (secondary N) is 1. The van der Waals surface area contributed by atoms with Crippen LogP contribution in [0.25, 0.3) is 6.08 Å². The predicted molar refractivity (Wildman–Crippen MR) is 137 cm³/mol. The van der Waals surface area contributed by atoms with E-state index in [2.05, 4.69) is 10.3 Å². The molecule has 2 amide bonds. The molecule has 0 aliphatic rings. The smallest absolute Gasteiger partial charge is 0.248 e. The summed E-state index contributed by atoms with van der Waals surface area (Å²) >= 11 is 1.18. The van der Waals surface area contributed by atoms with Gasteiger partial charge in [-0.3, -0.25) is 14.5 Å². The van der Waals surface area contributed by atoms with E-state index in [1.165, 1.54) is 47.4 Å². The van der Waals surface area contributed by atoms with E-state index in [9.17, 15) is 14.0 Å². The van der Waals surface area contributed by atoms with Gasteiger partial charge in [-0.15, -0.1) is 11.3 Å². The monoisotopic (exact) mass is 487 g/mol. The van der Waals surface area contributed by atoms with Crippen LogP contribution in [-0.2, 0) is 9.59 Å². The lowest BCUT2D eigenvalue weighted by atomic mass is 10.2. The lowest BCUT2D eigenvalue weighted by Crippen LogP contribution is -2.23. The minimum Gasteiger partial charge on any atom is -0.457 e. The van der Waals surface area contributed by atoms with Gasteiger partial charge in [0.15, 0.2) is 5.13 Å². The number of anilines is 3. The minimum atomic E-state index is -0.523. The molecule has 4 rings (SSSR count). The SMILES string of the molecule is CC(=O)N(c1nc(/C=C/C(=O)Nc2ccc(Oc3ccc(C)cc3)cc2)cs1)c1ccccc1F. The molecule has 0 atom stereocenters. The standard InChI is InChI=1S/C27H22FN3O3S/c1-18-7-12-22(13-8-18)34-23-14-9-20(10-15-23)29-26(33)16-11-21-17-35-27(30-21)31(19(2)32)25-6-4-3-5-24(25)28/h3-17H,1-2H3,(H,29,33)/b16-11+. The van der Waals surface area contributed by atoms with Crippen LogP contribution in [0.15, 0.2) is 84.3 Å². The number of ether oxygens (including phenoxy) is 1. The highest BCUT2D eigenvalue weighted by atomic mass is 32.1. The van der Waals surface area contributed by atoms with Crippen LogP contribution in [0.1, 0.15) is 18.2 Å². The number of benzene rings is 3. The normalized spacial score (nSPS) is 10.8. The average Bonchev–Trinajstić information content (AvgIpc) is 3.30. The van der Waals surface area contributed by atoms with E-state index in [0.717, 1.165) is 11.3 Å². The number of rotatable bonds is 7. The Kier molecular flexibility index (Phi) is 7.32. The third-order valence-electron chi connectivity index (χ3n) is 4.89. The van der Waals surface area contributed by atoms with Crippen LogP contribution in [0.4, 0.5) is 20.9 Å². The van der Waals surface area contributed by atoms with Gasteiger partial charge < -0.3 is 10.1 Å². The largest absolute Gasteiger partial charge is 0.457 e. The molecule has 176 valence electrons. The van der Waals surface area contributed by atoms with Crippen molar-refractivity contribution < 1.29 is 18.7 Å².